The number of hydrogen-bond donors (Lipinski definition) is 2. The van der Waals surface area contributed by atoms with E-state index in [9.17, 15) is 16.8 Å². The highest BCUT2D eigenvalue weighted by molar-refractivity contribution is 7.89. The molecule has 36 heavy (non-hydrogen) atoms. The van der Waals surface area contributed by atoms with Gasteiger partial charge in [-0.3, -0.25) is 0 Å². The quantitative estimate of drug-likeness (QED) is 0.498. The van der Waals surface area contributed by atoms with Crippen LogP contribution < -0.4 is 15.4 Å². The van der Waals surface area contributed by atoms with E-state index in [1.807, 2.05) is 0 Å². The number of ether oxygens (including phenoxy) is 2. The zero-order valence-corrected chi connectivity index (χ0v) is 22.4. The summed E-state index contributed by atoms with van der Waals surface area (Å²) in [7, 11) is -5.87. The minimum absolute atomic E-state index is 0.0832. The van der Waals surface area contributed by atoms with E-state index in [0.717, 1.165) is 19.3 Å². The summed E-state index contributed by atoms with van der Waals surface area (Å²) >= 11 is 5.42. The van der Waals surface area contributed by atoms with Gasteiger partial charge in [-0.2, -0.15) is 8.61 Å². The molecule has 2 saturated heterocycles. The summed E-state index contributed by atoms with van der Waals surface area (Å²) in [6.45, 7) is 2.34. The molecule has 0 amide bonds. The maximum Gasteiger partial charge on any atom is 0.245 e. The Labute approximate surface area is 217 Å². The number of nitrogens with zero attached hydrogens (tertiary/aromatic N) is 2. The molecule has 0 saturated carbocycles. The summed E-state index contributed by atoms with van der Waals surface area (Å²) in [6.07, 6.45) is 2.65. The molecule has 0 bridgehead atoms. The average Bonchev–Trinajstić information content (AvgIpc) is 2.90. The van der Waals surface area contributed by atoms with E-state index in [1.165, 1.54) is 33.9 Å². The van der Waals surface area contributed by atoms with Crippen molar-refractivity contribution in [3.63, 3.8) is 0 Å². The van der Waals surface area contributed by atoms with Gasteiger partial charge in [-0.05, 0) is 61.5 Å². The molecule has 2 N–H and O–H groups in total. The highest BCUT2D eigenvalue weighted by atomic mass is 32.2. The third-order valence-electron chi connectivity index (χ3n) is 6.09. The fraction of sp³-hybridized carbons (Fsp3) is 0.435. The summed E-state index contributed by atoms with van der Waals surface area (Å²) in [6, 6.07) is 11.0. The predicted octanol–water partition coefficient (Wildman–Crippen LogP) is 2.70. The SMILES string of the molecule is COc1ccc(NC(=S)Nc2ccc(S(=O)(=O)N3CCOCC3)cc2)c(S(=O)(=O)N2CCCCC2)c1. The lowest BCUT2D eigenvalue weighted by Gasteiger charge is -2.27. The number of morpholine rings is 1. The monoisotopic (exact) mass is 554 g/mol. The van der Waals surface area contributed by atoms with Gasteiger partial charge in [0.25, 0.3) is 0 Å². The molecule has 4 rings (SSSR count). The van der Waals surface area contributed by atoms with Crippen molar-refractivity contribution in [2.24, 2.45) is 0 Å². The van der Waals surface area contributed by atoms with Crippen LogP contribution >= 0.6 is 12.2 Å². The van der Waals surface area contributed by atoms with Crippen molar-refractivity contribution in [3.05, 3.63) is 42.5 Å². The molecule has 2 aromatic carbocycles. The van der Waals surface area contributed by atoms with Crippen molar-refractivity contribution in [3.8, 4) is 5.75 Å². The first-order valence-corrected chi connectivity index (χ1v) is 14.9. The third-order valence-corrected chi connectivity index (χ3v) is 10.1. The highest BCUT2D eigenvalue weighted by Crippen LogP contribution is 2.31. The molecular weight excluding hydrogens is 524 g/mol. The van der Waals surface area contributed by atoms with Crippen LogP contribution in [0.4, 0.5) is 11.4 Å². The molecule has 2 heterocycles. The second-order valence-corrected chi connectivity index (χ2v) is 12.7. The first kappa shape index (κ1) is 26.8. The molecule has 0 unspecified atom stereocenters. The number of hydrogen-bond acceptors (Lipinski definition) is 7. The summed E-state index contributed by atoms with van der Waals surface area (Å²) in [5.74, 6) is 0.423. The van der Waals surface area contributed by atoms with Gasteiger partial charge in [0.05, 0.1) is 30.9 Å². The van der Waals surface area contributed by atoms with E-state index in [0.29, 0.717) is 56.5 Å². The maximum atomic E-state index is 13.4. The zero-order valence-electron chi connectivity index (χ0n) is 20.0. The van der Waals surface area contributed by atoms with Crippen molar-refractivity contribution in [1.82, 2.24) is 8.61 Å². The predicted molar refractivity (Wildman–Crippen MR) is 141 cm³/mol. The Morgan fingerprint density at radius 1 is 0.861 bits per heavy atom. The van der Waals surface area contributed by atoms with Gasteiger partial charge >= 0.3 is 0 Å². The largest absolute Gasteiger partial charge is 0.497 e. The molecule has 0 radical (unpaired) electrons. The average molecular weight is 555 g/mol. The zero-order chi connectivity index (χ0) is 25.8. The fourth-order valence-corrected chi connectivity index (χ4v) is 7.44. The molecule has 2 aliphatic heterocycles. The minimum Gasteiger partial charge on any atom is -0.497 e. The molecule has 0 spiro atoms. The van der Waals surface area contributed by atoms with Crippen molar-refractivity contribution in [2.75, 3.05) is 57.1 Å². The number of sulfonamides is 2. The number of piperidine rings is 1. The number of anilines is 2. The molecule has 2 aromatic rings. The van der Waals surface area contributed by atoms with Crippen molar-refractivity contribution in [1.29, 1.82) is 0 Å². The van der Waals surface area contributed by atoms with E-state index in [1.54, 1.807) is 24.3 Å². The van der Waals surface area contributed by atoms with Crippen molar-refractivity contribution in [2.45, 2.75) is 29.1 Å². The summed E-state index contributed by atoms with van der Waals surface area (Å²) in [5.41, 5.74) is 0.882. The number of thiocarbonyl (C=S) groups is 1. The van der Waals surface area contributed by atoms with Crippen molar-refractivity contribution >= 4 is 48.8 Å². The number of methoxy groups -OCH3 is 1. The van der Waals surface area contributed by atoms with E-state index in [4.69, 9.17) is 21.7 Å². The minimum atomic E-state index is -3.75. The van der Waals surface area contributed by atoms with Gasteiger partial charge in [0.2, 0.25) is 20.0 Å². The maximum absolute atomic E-state index is 13.4. The van der Waals surface area contributed by atoms with Gasteiger partial charge in [0.1, 0.15) is 10.6 Å². The molecule has 0 aromatic heterocycles. The Morgan fingerprint density at radius 3 is 2.14 bits per heavy atom. The molecule has 2 aliphatic rings. The molecule has 0 atom stereocenters. The Balaban J connectivity index is 1.49. The fourth-order valence-electron chi connectivity index (χ4n) is 4.12. The van der Waals surface area contributed by atoms with Crippen LogP contribution in [-0.4, -0.2) is 77.1 Å². The van der Waals surface area contributed by atoms with E-state index in [2.05, 4.69) is 10.6 Å². The highest BCUT2D eigenvalue weighted by Gasteiger charge is 2.29. The van der Waals surface area contributed by atoms with Gasteiger partial charge in [-0.25, -0.2) is 16.8 Å². The Kier molecular flexibility index (Phi) is 8.48. The molecule has 196 valence electrons. The molecular formula is C23H30N4O6S3. The lowest BCUT2D eigenvalue weighted by molar-refractivity contribution is 0.0730. The Hall–Kier alpha value is -2.29. The van der Waals surface area contributed by atoms with Crippen LogP contribution in [0.15, 0.2) is 52.3 Å². The molecule has 0 aliphatic carbocycles. The molecule has 2 fully saturated rings. The lowest BCUT2D eigenvalue weighted by atomic mass is 10.2. The third kappa shape index (κ3) is 5.98. The Morgan fingerprint density at radius 2 is 1.50 bits per heavy atom. The van der Waals surface area contributed by atoms with Crippen LogP contribution in [0.1, 0.15) is 19.3 Å². The first-order chi connectivity index (χ1) is 17.2. The van der Waals surface area contributed by atoms with Crippen LogP contribution in [-0.2, 0) is 24.8 Å². The van der Waals surface area contributed by atoms with Gasteiger partial charge in [-0.15, -0.1) is 0 Å². The van der Waals surface area contributed by atoms with E-state index < -0.39 is 20.0 Å². The van der Waals surface area contributed by atoms with E-state index >= 15 is 0 Å². The van der Waals surface area contributed by atoms with Crippen LogP contribution in [0.25, 0.3) is 0 Å². The van der Waals surface area contributed by atoms with Crippen LogP contribution in [0.5, 0.6) is 5.75 Å². The second-order valence-electron chi connectivity index (χ2n) is 8.45. The number of nitrogens with one attached hydrogen (secondary N) is 2. The first-order valence-electron chi connectivity index (χ1n) is 11.7. The molecule has 13 heteroatoms. The standard InChI is InChI=1S/C23H30N4O6S3/c1-32-19-7-10-21(22(17-19)36(30,31)26-11-3-2-4-12-26)25-23(34)24-18-5-8-20(9-6-18)35(28,29)27-13-15-33-16-14-27/h5-10,17H,2-4,11-16H2,1H3,(H2,24,25,34). The van der Waals surface area contributed by atoms with Gasteiger partial charge in [0, 0.05) is 37.9 Å². The van der Waals surface area contributed by atoms with Crippen LogP contribution in [0, 0.1) is 0 Å². The number of rotatable bonds is 7. The lowest BCUT2D eigenvalue weighted by Crippen LogP contribution is -2.40. The van der Waals surface area contributed by atoms with Crippen molar-refractivity contribution < 1.29 is 26.3 Å². The summed E-state index contributed by atoms with van der Waals surface area (Å²) in [5, 5.41) is 6.12. The van der Waals surface area contributed by atoms with Crippen LogP contribution in [0.2, 0.25) is 0 Å². The van der Waals surface area contributed by atoms with Gasteiger partial charge < -0.3 is 20.1 Å². The molecule has 10 nitrogen and oxygen atoms in total. The summed E-state index contributed by atoms with van der Waals surface area (Å²) < 4.78 is 65.8. The van der Waals surface area contributed by atoms with Gasteiger partial charge in [0.15, 0.2) is 5.11 Å². The second kappa shape index (κ2) is 11.4. The van der Waals surface area contributed by atoms with E-state index in [-0.39, 0.29) is 14.9 Å². The van der Waals surface area contributed by atoms with Gasteiger partial charge in [-0.1, -0.05) is 6.42 Å². The summed E-state index contributed by atoms with van der Waals surface area (Å²) in [4.78, 5) is 0.263. The van der Waals surface area contributed by atoms with Crippen LogP contribution in [0.3, 0.4) is 0 Å². The smallest absolute Gasteiger partial charge is 0.245 e. The topological polar surface area (TPSA) is 117 Å². The number of benzene rings is 2. The normalized spacial score (nSPS) is 17.9. The Bertz CT molecular complexity index is 1290.